The molecule has 0 amide bonds. The van der Waals surface area contributed by atoms with Crippen LogP contribution >= 0.6 is 0 Å². The van der Waals surface area contributed by atoms with Gasteiger partial charge in [-0.05, 0) is 30.0 Å². The Hall–Kier alpha value is -1.77. The van der Waals surface area contributed by atoms with E-state index in [9.17, 15) is 4.79 Å². The lowest BCUT2D eigenvalue weighted by atomic mass is 9.76. The fourth-order valence-electron chi connectivity index (χ4n) is 2.87. The van der Waals surface area contributed by atoms with E-state index in [1.807, 2.05) is 18.2 Å². The average molecular weight is 243 g/mol. The normalized spacial score (nSPS) is 17.8. The maximum Gasteiger partial charge on any atom is 0.165 e. The van der Waals surface area contributed by atoms with Gasteiger partial charge in [-0.1, -0.05) is 13.8 Å². The molecule has 0 spiro atoms. The third kappa shape index (κ3) is 1.62. The van der Waals surface area contributed by atoms with Crippen LogP contribution in [0.1, 0.15) is 36.3 Å². The predicted molar refractivity (Wildman–Crippen MR) is 71.3 cm³/mol. The molecular formula is C15H17NO2. The number of aromatic nitrogens is 1. The number of fused-ring (bicyclic) bond motifs is 3. The van der Waals surface area contributed by atoms with E-state index in [0.717, 1.165) is 34.3 Å². The van der Waals surface area contributed by atoms with Crippen molar-refractivity contribution < 1.29 is 9.53 Å². The zero-order chi connectivity index (χ0) is 12.9. The Bertz CT molecular complexity index is 637. The SMILES string of the molecule is COc1ccc2[nH]c3c(c2c1)C(=O)CC(C)(C)C3. The van der Waals surface area contributed by atoms with Crippen molar-refractivity contribution in [2.24, 2.45) is 5.41 Å². The van der Waals surface area contributed by atoms with Gasteiger partial charge in [0.15, 0.2) is 5.78 Å². The molecule has 3 heteroatoms. The molecule has 0 saturated carbocycles. The highest BCUT2D eigenvalue weighted by Gasteiger charge is 2.33. The van der Waals surface area contributed by atoms with Crippen LogP contribution in [0.5, 0.6) is 5.75 Å². The van der Waals surface area contributed by atoms with Crippen LogP contribution in [0.15, 0.2) is 18.2 Å². The van der Waals surface area contributed by atoms with Gasteiger partial charge >= 0.3 is 0 Å². The summed E-state index contributed by atoms with van der Waals surface area (Å²) >= 11 is 0. The summed E-state index contributed by atoms with van der Waals surface area (Å²) in [5.41, 5.74) is 3.00. The minimum Gasteiger partial charge on any atom is -0.497 e. The van der Waals surface area contributed by atoms with Crippen LogP contribution in [-0.2, 0) is 6.42 Å². The van der Waals surface area contributed by atoms with Crippen LogP contribution in [0.3, 0.4) is 0 Å². The highest BCUT2D eigenvalue weighted by Crippen LogP contribution is 2.38. The van der Waals surface area contributed by atoms with Gasteiger partial charge in [0.2, 0.25) is 0 Å². The number of nitrogens with one attached hydrogen (secondary N) is 1. The summed E-state index contributed by atoms with van der Waals surface area (Å²) in [4.78, 5) is 15.7. The largest absolute Gasteiger partial charge is 0.497 e. The Morgan fingerprint density at radius 2 is 2.06 bits per heavy atom. The fourth-order valence-corrected chi connectivity index (χ4v) is 2.87. The van der Waals surface area contributed by atoms with E-state index < -0.39 is 0 Å². The lowest BCUT2D eigenvalue weighted by Crippen LogP contribution is -2.26. The molecule has 0 aliphatic heterocycles. The number of benzene rings is 1. The third-order valence-electron chi connectivity index (χ3n) is 3.66. The standard InChI is InChI=1S/C15H17NO2/c1-15(2)7-12-14(13(17)8-15)10-6-9(18-3)4-5-11(10)16-12/h4-6,16H,7-8H2,1-3H3. The van der Waals surface area contributed by atoms with Gasteiger partial charge in [-0.15, -0.1) is 0 Å². The maximum atomic E-state index is 12.3. The monoisotopic (exact) mass is 243 g/mol. The number of rotatable bonds is 1. The van der Waals surface area contributed by atoms with E-state index in [1.54, 1.807) is 7.11 Å². The molecule has 3 nitrogen and oxygen atoms in total. The van der Waals surface area contributed by atoms with E-state index >= 15 is 0 Å². The van der Waals surface area contributed by atoms with Crippen LogP contribution in [0.4, 0.5) is 0 Å². The summed E-state index contributed by atoms with van der Waals surface area (Å²) in [6.07, 6.45) is 1.54. The highest BCUT2D eigenvalue weighted by atomic mass is 16.5. The maximum absolute atomic E-state index is 12.3. The first kappa shape index (κ1) is 11.3. The number of aromatic amines is 1. The van der Waals surface area contributed by atoms with Crippen molar-refractivity contribution in [3.05, 3.63) is 29.5 Å². The summed E-state index contributed by atoms with van der Waals surface area (Å²) in [6, 6.07) is 5.84. The summed E-state index contributed by atoms with van der Waals surface area (Å²) in [7, 11) is 1.64. The Morgan fingerprint density at radius 1 is 1.28 bits per heavy atom. The van der Waals surface area contributed by atoms with Gasteiger partial charge in [-0.25, -0.2) is 0 Å². The first-order valence-corrected chi connectivity index (χ1v) is 6.22. The van der Waals surface area contributed by atoms with E-state index in [1.165, 1.54) is 0 Å². The molecule has 18 heavy (non-hydrogen) atoms. The Labute approximate surface area is 106 Å². The molecule has 94 valence electrons. The zero-order valence-corrected chi connectivity index (χ0v) is 11.0. The molecule has 1 aliphatic carbocycles. The minimum absolute atomic E-state index is 0.0506. The summed E-state index contributed by atoms with van der Waals surface area (Å²) < 4.78 is 5.23. The second kappa shape index (κ2) is 3.61. The number of H-pyrrole nitrogens is 1. The third-order valence-corrected chi connectivity index (χ3v) is 3.66. The lowest BCUT2D eigenvalue weighted by Gasteiger charge is -2.28. The number of carbonyl (C=O) groups excluding carboxylic acids is 1. The molecule has 1 aliphatic rings. The van der Waals surface area contributed by atoms with Gasteiger partial charge in [0, 0.05) is 28.6 Å². The van der Waals surface area contributed by atoms with Crippen molar-refractivity contribution in [3.8, 4) is 5.75 Å². The van der Waals surface area contributed by atoms with Crippen LogP contribution in [-0.4, -0.2) is 17.9 Å². The van der Waals surface area contributed by atoms with Crippen LogP contribution in [0.25, 0.3) is 10.9 Å². The molecular weight excluding hydrogens is 226 g/mol. The van der Waals surface area contributed by atoms with Crippen LogP contribution < -0.4 is 4.74 Å². The molecule has 2 aromatic rings. The molecule has 1 aromatic heterocycles. The van der Waals surface area contributed by atoms with Crippen molar-refractivity contribution in [2.45, 2.75) is 26.7 Å². The molecule has 1 aromatic carbocycles. The number of ketones is 1. The van der Waals surface area contributed by atoms with Gasteiger partial charge in [-0.2, -0.15) is 0 Å². The number of Topliss-reactive ketones (excluding diaryl/α,β-unsaturated/α-hetero) is 1. The van der Waals surface area contributed by atoms with Crippen molar-refractivity contribution in [1.29, 1.82) is 0 Å². The summed E-state index contributed by atoms with van der Waals surface area (Å²) in [5, 5.41) is 0.991. The molecule has 0 bridgehead atoms. The molecule has 0 unspecified atom stereocenters. The van der Waals surface area contributed by atoms with Gasteiger partial charge in [0.1, 0.15) is 5.75 Å². The van der Waals surface area contributed by atoms with E-state index in [0.29, 0.717) is 6.42 Å². The smallest absolute Gasteiger partial charge is 0.165 e. The van der Waals surface area contributed by atoms with E-state index in [-0.39, 0.29) is 11.2 Å². The Morgan fingerprint density at radius 3 is 2.78 bits per heavy atom. The van der Waals surface area contributed by atoms with Gasteiger partial charge in [0.05, 0.1) is 7.11 Å². The topological polar surface area (TPSA) is 42.1 Å². The van der Waals surface area contributed by atoms with Crippen LogP contribution in [0.2, 0.25) is 0 Å². The number of carbonyl (C=O) groups is 1. The number of ether oxygens (including phenoxy) is 1. The minimum atomic E-state index is 0.0506. The van der Waals surface area contributed by atoms with Gasteiger partial charge in [-0.3, -0.25) is 4.79 Å². The van der Waals surface area contributed by atoms with E-state index in [2.05, 4.69) is 18.8 Å². The summed E-state index contributed by atoms with van der Waals surface area (Å²) in [5.74, 6) is 1.03. The molecule has 1 N–H and O–H groups in total. The van der Waals surface area contributed by atoms with Crippen molar-refractivity contribution in [3.63, 3.8) is 0 Å². The number of hydrogen-bond donors (Lipinski definition) is 1. The lowest BCUT2D eigenvalue weighted by molar-refractivity contribution is 0.0913. The number of methoxy groups -OCH3 is 1. The average Bonchev–Trinajstić information content (AvgIpc) is 2.63. The highest BCUT2D eigenvalue weighted by molar-refractivity contribution is 6.10. The molecule has 0 radical (unpaired) electrons. The van der Waals surface area contributed by atoms with Crippen molar-refractivity contribution in [1.82, 2.24) is 4.98 Å². The first-order chi connectivity index (χ1) is 8.50. The Kier molecular flexibility index (Phi) is 2.27. The second-order valence-electron chi connectivity index (χ2n) is 5.83. The second-order valence-corrected chi connectivity index (χ2v) is 5.83. The predicted octanol–water partition coefficient (Wildman–Crippen LogP) is 3.33. The molecule has 0 saturated heterocycles. The molecule has 1 heterocycles. The van der Waals surface area contributed by atoms with Crippen molar-refractivity contribution >= 4 is 16.7 Å². The first-order valence-electron chi connectivity index (χ1n) is 6.22. The summed E-state index contributed by atoms with van der Waals surface area (Å²) in [6.45, 7) is 4.28. The van der Waals surface area contributed by atoms with Crippen molar-refractivity contribution in [2.75, 3.05) is 7.11 Å². The molecule has 3 rings (SSSR count). The Balaban J connectivity index is 2.25. The van der Waals surface area contributed by atoms with Crippen LogP contribution in [0, 0.1) is 5.41 Å². The molecule has 0 atom stereocenters. The van der Waals surface area contributed by atoms with Gasteiger partial charge in [0.25, 0.3) is 0 Å². The molecule has 0 fully saturated rings. The fraction of sp³-hybridized carbons (Fsp3) is 0.400. The van der Waals surface area contributed by atoms with Gasteiger partial charge < -0.3 is 9.72 Å². The number of hydrogen-bond acceptors (Lipinski definition) is 2. The quantitative estimate of drug-likeness (QED) is 0.834. The van der Waals surface area contributed by atoms with E-state index in [4.69, 9.17) is 4.74 Å². The zero-order valence-electron chi connectivity index (χ0n) is 11.0.